The summed E-state index contributed by atoms with van der Waals surface area (Å²) in [7, 11) is 1.63. The average molecular weight is 370 g/mol. The van der Waals surface area contributed by atoms with Gasteiger partial charge in [-0.3, -0.25) is 0 Å². The molecule has 3 nitrogen and oxygen atoms in total. The fraction of sp³-hybridized carbons (Fsp3) is 0.250. The molecule has 0 amide bonds. The smallest absolute Gasteiger partial charge is 0.161 e. The Hall–Kier alpha value is -1.39. The second-order valence-electron chi connectivity index (χ2n) is 4.70. The van der Waals surface area contributed by atoms with Gasteiger partial charge in [0.15, 0.2) is 17.6 Å². The molecule has 2 aromatic carbocycles. The Labute approximate surface area is 136 Å². The van der Waals surface area contributed by atoms with Crippen molar-refractivity contribution in [3.8, 4) is 17.2 Å². The van der Waals surface area contributed by atoms with Crippen LogP contribution >= 0.6 is 27.5 Å². The second kappa shape index (κ2) is 6.16. The SMILES string of the molecule is COc1ccc(Br)cc1C(Cl)C1COc2ccccc2O1. The van der Waals surface area contributed by atoms with Crippen molar-refractivity contribution in [2.75, 3.05) is 13.7 Å². The lowest BCUT2D eigenvalue weighted by molar-refractivity contribution is 0.0872. The Morgan fingerprint density at radius 3 is 2.76 bits per heavy atom. The van der Waals surface area contributed by atoms with Crippen molar-refractivity contribution in [2.24, 2.45) is 0 Å². The summed E-state index contributed by atoms with van der Waals surface area (Å²) < 4.78 is 18.0. The zero-order valence-electron chi connectivity index (χ0n) is 11.4. The van der Waals surface area contributed by atoms with E-state index in [9.17, 15) is 0 Å². The van der Waals surface area contributed by atoms with Crippen LogP contribution in [0.5, 0.6) is 17.2 Å². The molecule has 110 valence electrons. The molecule has 0 saturated carbocycles. The fourth-order valence-electron chi connectivity index (χ4n) is 2.30. The van der Waals surface area contributed by atoms with E-state index >= 15 is 0 Å². The van der Waals surface area contributed by atoms with Gasteiger partial charge in [-0.2, -0.15) is 0 Å². The largest absolute Gasteiger partial charge is 0.496 e. The summed E-state index contributed by atoms with van der Waals surface area (Å²) in [6.07, 6.45) is -0.273. The zero-order valence-corrected chi connectivity index (χ0v) is 13.7. The van der Waals surface area contributed by atoms with Crippen LogP contribution in [0, 0.1) is 0 Å². The molecule has 3 rings (SSSR count). The summed E-state index contributed by atoms with van der Waals surface area (Å²) in [5.41, 5.74) is 0.876. The zero-order chi connectivity index (χ0) is 14.8. The van der Waals surface area contributed by atoms with Crippen LogP contribution in [0.15, 0.2) is 46.9 Å². The maximum atomic E-state index is 6.60. The van der Waals surface area contributed by atoms with E-state index in [1.165, 1.54) is 0 Å². The summed E-state index contributed by atoms with van der Waals surface area (Å²) in [5, 5.41) is -0.370. The molecule has 2 unspecified atom stereocenters. The van der Waals surface area contributed by atoms with Crippen LogP contribution in [-0.2, 0) is 0 Å². The molecule has 0 spiro atoms. The van der Waals surface area contributed by atoms with Crippen LogP contribution in [0.2, 0.25) is 0 Å². The first-order valence-corrected chi connectivity index (χ1v) is 7.78. The quantitative estimate of drug-likeness (QED) is 0.741. The van der Waals surface area contributed by atoms with E-state index in [0.717, 1.165) is 21.5 Å². The average Bonchev–Trinajstić information content (AvgIpc) is 2.53. The second-order valence-corrected chi connectivity index (χ2v) is 6.09. The molecular formula is C16H14BrClO3. The minimum atomic E-state index is -0.370. The number of fused-ring (bicyclic) bond motifs is 1. The van der Waals surface area contributed by atoms with Gasteiger partial charge in [-0.25, -0.2) is 0 Å². The maximum absolute atomic E-state index is 6.60. The Bertz CT molecular complexity index is 647. The topological polar surface area (TPSA) is 27.7 Å². The molecule has 1 heterocycles. The molecule has 21 heavy (non-hydrogen) atoms. The first-order chi connectivity index (χ1) is 10.2. The Kier molecular flexibility index (Phi) is 4.27. The molecule has 0 fully saturated rings. The molecule has 0 saturated heterocycles. The molecule has 2 atom stereocenters. The fourth-order valence-corrected chi connectivity index (χ4v) is 2.97. The molecule has 1 aliphatic rings. The van der Waals surface area contributed by atoms with E-state index in [1.807, 2.05) is 42.5 Å². The third kappa shape index (κ3) is 2.97. The summed E-state index contributed by atoms with van der Waals surface area (Å²) in [5.74, 6) is 2.20. The number of rotatable bonds is 3. The first-order valence-electron chi connectivity index (χ1n) is 6.55. The highest BCUT2D eigenvalue weighted by Crippen LogP contribution is 2.40. The summed E-state index contributed by atoms with van der Waals surface area (Å²) in [4.78, 5) is 0. The predicted octanol–water partition coefficient (Wildman–Crippen LogP) is 4.58. The van der Waals surface area contributed by atoms with Gasteiger partial charge in [-0.05, 0) is 30.3 Å². The molecule has 0 N–H and O–H groups in total. The molecular weight excluding hydrogens is 356 g/mol. The lowest BCUT2D eigenvalue weighted by atomic mass is 10.1. The monoisotopic (exact) mass is 368 g/mol. The minimum absolute atomic E-state index is 0.273. The normalized spacial score (nSPS) is 18.1. The van der Waals surface area contributed by atoms with E-state index in [4.69, 9.17) is 25.8 Å². The van der Waals surface area contributed by atoms with E-state index in [-0.39, 0.29) is 11.5 Å². The molecule has 0 aliphatic carbocycles. The number of hydrogen-bond donors (Lipinski definition) is 0. The van der Waals surface area contributed by atoms with Crippen molar-refractivity contribution in [3.05, 3.63) is 52.5 Å². The standard InChI is InChI=1S/C16H14BrClO3/c1-19-12-7-6-10(17)8-11(12)16(18)15-9-20-13-4-2-3-5-14(13)21-15/h2-8,15-16H,9H2,1H3. The van der Waals surface area contributed by atoms with Crippen molar-refractivity contribution < 1.29 is 14.2 Å². The van der Waals surface area contributed by atoms with Crippen molar-refractivity contribution in [1.82, 2.24) is 0 Å². The number of hydrogen-bond acceptors (Lipinski definition) is 3. The van der Waals surface area contributed by atoms with Crippen LogP contribution in [0.1, 0.15) is 10.9 Å². The minimum Gasteiger partial charge on any atom is -0.496 e. The van der Waals surface area contributed by atoms with Crippen LogP contribution in [-0.4, -0.2) is 19.8 Å². The number of halogens is 2. The van der Waals surface area contributed by atoms with E-state index in [0.29, 0.717) is 12.4 Å². The lowest BCUT2D eigenvalue weighted by Crippen LogP contribution is -2.33. The number of para-hydroxylation sites is 2. The van der Waals surface area contributed by atoms with Crippen LogP contribution in [0.3, 0.4) is 0 Å². The van der Waals surface area contributed by atoms with Gasteiger partial charge in [0.1, 0.15) is 17.7 Å². The molecule has 1 aliphatic heterocycles. The summed E-state index contributed by atoms with van der Waals surface area (Å²) in [6.45, 7) is 0.404. The number of methoxy groups -OCH3 is 1. The van der Waals surface area contributed by atoms with Crippen molar-refractivity contribution in [1.29, 1.82) is 0 Å². The third-order valence-corrected chi connectivity index (χ3v) is 4.36. The molecule has 0 bridgehead atoms. The van der Waals surface area contributed by atoms with Crippen molar-refractivity contribution in [2.45, 2.75) is 11.5 Å². The van der Waals surface area contributed by atoms with Gasteiger partial charge in [-0.1, -0.05) is 28.1 Å². The summed E-state index contributed by atoms with van der Waals surface area (Å²) in [6, 6.07) is 13.3. The van der Waals surface area contributed by atoms with Crippen molar-refractivity contribution >= 4 is 27.5 Å². The van der Waals surface area contributed by atoms with Crippen LogP contribution in [0.25, 0.3) is 0 Å². The van der Waals surface area contributed by atoms with Gasteiger partial charge in [0, 0.05) is 10.0 Å². The van der Waals surface area contributed by atoms with Crippen molar-refractivity contribution in [3.63, 3.8) is 0 Å². The molecule has 0 aromatic heterocycles. The predicted molar refractivity (Wildman–Crippen MR) is 85.6 cm³/mol. The van der Waals surface area contributed by atoms with Gasteiger partial charge in [0.05, 0.1) is 7.11 Å². The summed E-state index contributed by atoms with van der Waals surface area (Å²) >= 11 is 10.1. The maximum Gasteiger partial charge on any atom is 0.161 e. The highest BCUT2D eigenvalue weighted by molar-refractivity contribution is 9.10. The van der Waals surface area contributed by atoms with Crippen LogP contribution in [0.4, 0.5) is 0 Å². The molecule has 0 radical (unpaired) electrons. The van der Waals surface area contributed by atoms with E-state index in [1.54, 1.807) is 7.11 Å². The highest BCUT2D eigenvalue weighted by atomic mass is 79.9. The van der Waals surface area contributed by atoms with Crippen LogP contribution < -0.4 is 14.2 Å². The third-order valence-electron chi connectivity index (χ3n) is 3.35. The number of alkyl halides is 1. The Morgan fingerprint density at radius 2 is 2.00 bits per heavy atom. The lowest BCUT2D eigenvalue weighted by Gasteiger charge is -2.30. The van der Waals surface area contributed by atoms with Gasteiger partial charge >= 0.3 is 0 Å². The van der Waals surface area contributed by atoms with Gasteiger partial charge < -0.3 is 14.2 Å². The van der Waals surface area contributed by atoms with E-state index < -0.39 is 0 Å². The number of ether oxygens (including phenoxy) is 3. The molecule has 2 aromatic rings. The first kappa shape index (κ1) is 14.5. The number of benzene rings is 2. The van der Waals surface area contributed by atoms with E-state index in [2.05, 4.69) is 15.9 Å². The Morgan fingerprint density at radius 1 is 1.24 bits per heavy atom. The van der Waals surface area contributed by atoms with Gasteiger partial charge in [0.2, 0.25) is 0 Å². The molecule has 5 heteroatoms. The van der Waals surface area contributed by atoms with Gasteiger partial charge in [-0.15, -0.1) is 11.6 Å². The Balaban J connectivity index is 1.87. The van der Waals surface area contributed by atoms with Gasteiger partial charge in [0.25, 0.3) is 0 Å². The highest BCUT2D eigenvalue weighted by Gasteiger charge is 2.30.